The minimum atomic E-state index is -0.0924. The molecule has 2 aromatic heterocycles. The SMILES string of the molecule is Cc1nc(C)c(C(=O)NCc2nc3ccccc3n2C)s1. The minimum Gasteiger partial charge on any atom is -0.344 e. The molecule has 0 fully saturated rings. The lowest BCUT2D eigenvalue weighted by atomic mass is 10.3. The number of aryl methyl sites for hydroxylation is 3. The summed E-state index contributed by atoms with van der Waals surface area (Å²) in [5.74, 6) is 0.744. The summed E-state index contributed by atoms with van der Waals surface area (Å²) in [6, 6.07) is 7.93. The molecule has 0 saturated heterocycles. The Morgan fingerprint density at radius 1 is 1.29 bits per heavy atom. The Balaban J connectivity index is 1.79. The summed E-state index contributed by atoms with van der Waals surface area (Å²) >= 11 is 1.42. The number of amides is 1. The molecular weight excluding hydrogens is 284 g/mol. The summed E-state index contributed by atoms with van der Waals surface area (Å²) in [6.45, 7) is 4.16. The van der Waals surface area contributed by atoms with Crippen LogP contribution in [-0.4, -0.2) is 20.4 Å². The van der Waals surface area contributed by atoms with Crippen LogP contribution in [0.4, 0.5) is 0 Å². The number of benzene rings is 1. The largest absolute Gasteiger partial charge is 0.344 e. The van der Waals surface area contributed by atoms with E-state index >= 15 is 0 Å². The van der Waals surface area contributed by atoms with Gasteiger partial charge in [-0.15, -0.1) is 11.3 Å². The van der Waals surface area contributed by atoms with E-state index in [9.17, 15) is 4.79 Å². The number of carbonyl (C=O) groups is 1. The highest BCUT2D eigenvalue weighted by Gasteiger charge is 2.14. The molecule has 0 bridgehead atoms. The van der Waals surface area contributed by atoms with Crippen molar-refractivity contribution in [3.05, 3.63) is 45.7 Å². The molecule has 21 heavy (non-hydrogen) atoms. The van der Waals surface area contributed by atoms with Crippen LogP contribution in [0.25, 0.3) is 11.0 Å². The Morgan fingerprint density at radius 2 is 2.05 bits per heavy atom. The summed E-state index contributed by atoms with van der Waals surface area (Å²) in [5.41, 5.74) is 2.78. The molecule has 0 atom stereocenters. The lowest BCUT2D eigenvalue weighted by Gasteiger charge is -2.04. The quantitative estimate of drug-likeness (QED) is 0.808. The number of hydrogen-bond acceptors (Lipinski definition) is 4. The van der Waals surface area contributed by atoms with Crippen molar-refractivity contribution < 1.29 is 4.79 Å². The van der Waals surface area contributed by atoms with Crippen LogP contribution in [0.1, 0.15) is 26.2 Å². The van der Waals surface area contributed by atoms with Gasteiger partial charge in [-0.25, -0.2) is 9.97 Å². The first kappa shape index (κ1) is 13.8. The molecule has 0 aliphatic heterocycles. The van der Waals surface area contributed by atoms with Crippen molar-refractivity contribution in [3.8, 4) is 0 Å². The molecule has 0 radical (unpaired) electrons. The van der Waals surface area contributed by atoms with E-state index < -0.39 is 0 Å². The fourth-order valence-corrected chi connectivity index (χ4v) is 3.17. The van der Waals surface area contributed by atoms with Crippen molar-refractivity contribution in [2.24, 2.45) is 7.05 Å². The lowest BCUT2D eigenvalue weighted by Crippen LogP contribution is -2.24. The molecule has 108 valence electrons. The zero-order valence-electron chi connectivity index (χ0n) is 12.2. The Morgan fingerprint density at radius 3 is 2.71 bits per heavy atom. The van der Waals surface area contributed by atoms with Crippen molar-refractivity contribution in [2.45, 2.75) is 20.4 Å². The van der Waals surface area contributed by atoms with Crippen LogP contribution >= 0.6 is 11.3 Å². The molecule has 3 rings (SSSR count). The third-order valence-electron chi connectivity index (χ3n) is 3.40. The number of nitrogens with one attached hydrogen (secondary N) is 1. The van der Waals surface area contributed by atoms with E-state index in [-0.39, 0.29) is 5.91 Å². The van der Waals surface area contributed by atoms with E-state index in [0.29, 0.717) is 11.4 Å². The smallest absolute Gasteiger partial charge is 0.263 e. The van der Waals surface area contributed by atoms with Gasteiger partial charge in [-0.05, 0) is 26.0 Å². The van der Waals surface area contributed by atoms with Crippen molar-refractivity contribution in [3.63, 3.8) is 0 Å². The van der Waals surface area contributed by atoms with Gasteiger partial charge < -0.3 is 9.88 Å². The summed E-state index contributed by atoms with van der Waals surface area (Å²) in [6.07, 6.45) is 0. The van der Waals surface area contributed by atoms with Crippen LogP contribution < -0.4 is 5.32 Å². The fourth-order valence-electron chi connectivity index (χ4n) is 2.34. The second kappa shape index (κ2) is 5.29. The molecule has 0 aliphatic carbocycles. The van der Waals surface area contributed by atoms with Crippen molar-refractivity contribution >= 4 is 28.3 Å². The maximum absolute atomic E-state index is 12.2. The summed E-state index contributed by atoms with van der Waals surface area (Å²) < 4.78 is 2.00. The van der Waals surface area contributed by atoms with Crippen LogP contribution in [0.2, 0.25) is 0 Å². The lowest BCUT2D eigenvalue weighted by molar-refractivity contribution is 0.0953. The number of nitrogens with zero attached hydrogens (tertiary/aromatic N) is 3. The van der Waals surface area contributed by atoms with E-state index in [4.69, 9.17) is 0 Å². The first-order valence-corrected chi connectivity index (χ1v) is 7.50. The van der Waals surface area contributed by atoms with Gasteiger partial charge in [-0.3, -0.25) is 4.79 Å². The minimum absolute atomic E-state index is 0.0924. The van der Waals surface area contributed by atoms with E-state index in [0.717, 1.165) is 27.6 Å². The molecule has 0 aliphatic rings. The summed E-state index contributed by atoms with van der Waals surface area (Å²) in [4.78, 5) is 21.7. The summed E-state index contributed by atoms with van der Waals surface area (Å²) in [7, 11) is 1.96. The van der Waals surface area contributed by atoms with Gasteiger partial charge in [0, 0.05) is 7.05 Å². The van der Waals surface area contributed by atoms with Gasteiger partial charge in [0.1, 0.15) is 10.7 Å². The van der Waals surface area contributed by atoms with Gasteiger partial charge in [-0.1, -0.05) is 12.1 Å². The zero-order valence-corrected chi connectivity index (χ0v) is 13.0. The molecule has 1 aromatic carbocycles. The Kier molecular flexibility index (Phi) is 3.47. The predicted molar refractivity (Wildman–Crippen MR) is 83.5 cm³/mol. The Hall–Kier alpha value is -2.21. The number of fused-ring (bicyclic) bond motifs is 1. The maximum atomic E-state index is 12.2. The molecular formula is C15H16N4OS. The average molecular weight is 300 g/mol. The normalized spacial score (nSPS) is 11.0. The molecule has 0 unspecified atom stereocenters. The zero-order chi connectivity index (χ0) is 15.0. The average Bonchev–Trinajstić information content (AvgIpc) is 2.97. The van der Waals surface area contributed by atoms with E-state index in [1.807, 2.05) is 49.7 Å². The highest BCUT2D eigenvalue weighted by atomic mass is 32.1. The van der Waals surface area contributed by atoms with Crippen LogP contribution in [-0.2, 0) is 13.6 Å². The van der Waals surface area contributed by atoms with E-state index in [1.54, 1.807) is 0 Å². The molecule has 1 amide bonds. The van der Waals surface area contributed by atoms with Gasteiger partial charge in [0.15, 0.2) is 0 Å². The number of para-hydroxylation sites is 2. The van der Waals surface area contributed by atoms with Crippen molar-refractivity contribution in [1.82, 2.24) is 19.9 Å². The summed E-state index contributed by atoms with van der Waals surface area (Å²) in [5, 5.41) is 3.82. The number of imidazole rings is 1. The number of hydrogen-bond donors (Lipinski definition) is 1. The van der Waals surface area contributed by atoms with Gasteiger partial charge in [-0.2, -0.15) is 0 Å². The standard InChI is InChI=1S/C15H16N4OS/c1-9-14(21-10(2)17-9)15(20)16-8-13-18-11-6-4-5-7-12(11)19(13)3/h4-7H,8H2,1-3H3,(H,16,20). The third kappa shape index (κ3) is 2.54. The second-order valence-electron chi connectivity index (χ2n) is 4.91. The number of carbonyl (C=O) groups excluding carboxylic acids is 1. The molecule has 3 aromatic rings. The maximum Gasteiger partial charge on any atom is 0.263 e. The van der Waals surface area contributed by atoms with Gasteiger partial charge in [0.25, 0.3) is 5.91 Å². The predicted octanol–water partition coefficient (Wildman–Crippen LogP) is 2.58. The first-order valence-electron chi connectivity index (χ1n) is 6.69. The highest BCUT2D eigenvalue weighted by Crippen LogP contribution is 2.17. The van der Waals surface area contributed by atoms with Crippen LogP contribution in [0.3, 0.4) is 0 Å². The Bertz CT molecular complexity index is 818. The fraction of sp³-hybridized carbons (Fsp3) is 0.267. The van der Waals surface area contributed by atoms with Crippen molar-refractivity contribution in [1.29, 1.82) is 0 Å². The molecule has 6 heteroatoms. The van der Waals surface area contributed by atoms with Gasteiger partial charge >= 0.3 is 0 Å². The highest BCUT2D eigenvalue weighted by molar-refractivity contribution is 7.13. The topological polar surface area (TPSA) is 59.8 Å². The van der Waals surface area contributed by atoms with Crippen LogP contribution in [0.5, 0.6) is 0 Å². The van der Waals surface area contributed by atoms with E-state index in [2.05, 4.69) is 15.3 Å². The molecule has 5 nitrogen and oxygen atoms in total. The van der Waals surface area contributed by atoms with Crippen LogP contribution in [0.15, 0.2) is 24.3 Å². The van der Waals surface area contributed by atoms with Gasteiger partial charge in [0.2, 0.25) is 0 Å². The number of rotatable bonds is 3. The second-order valence-corrected chi connectivity index (χ2v) is 6.11. The van der Waals surface area contributed by atoms with E-state index in [1.165, 1.54) is 11.3 Å². The van der Waals surface area contributed by atoms with Gasteiger partial charge in [0.05, 0.1) is 28.3 Å². The number of aromatic nitrogens is 3. The molecule has 1 N–H and O–H groups in total. The molecule has 0 saturated carbocycles. The monoisotopic (exact) mass is 300 g/mol. The number of thiazole rings is 1. The third-order valence-corrected chi connectivity index (χ3v) is 4.47. The first-order chi connectivity index (χ1) is 10.1. The van der Waals surface area contributed by atoms with Crippen LogP contribution in [0, 0.1) is 13.8 Å². The molecule has 0 spiro atoms. The molecule has 2 heterocycles. The Labute approximate surface area is 126 Å². The van der Waals surface area contributed by atoms with Crippen molar-refractivity contribution in [2.75, 3.05) is 0 Å².